The van der Waals surface area contributed by atoms with Crippen molar-refractivity contribution in [1.82, 2.24) is 0 Å². The minimum atomic E-state index is -0.333. The molecule has 10 heavy (non-hydrogen) atoms. The third-order valence-electron chi connectivity index (χ3n) is 0. The first-order valence-corrected chi connectivity index (χ1v) is 1.65. The lowest BCUT2D eigenvalue weighted by Crippen LogP contribution is -2.20. The lowest BCUT2D eigenvalue weighted by Gasteiger charge is -1.69. The van der Waals surface area contributed by atoms with Gasteiger partial charge in [0.25, 0.3) is 0 Å². The van der Waals surface area contributed by atoms with Crippen molar-refractivity contribution in [3.05, 3.63) is 0 Å². The van der Waals surface area contributed by atoms with Crippen molar-refractivity contribution < 1.29 is 11.0 Å². The largest absolute Gasteiger partial charge is 0.412 e. The van der Waals surface area contributed by atoms with E-state index in [0.717, 1.165) is 0 Å². The molecule has 0 rings (SSSR count). The van der Waals surface area contributed by atoms with Crippen LogP contribution in [0, 0.1) is 10.8 Å². The van der Waals surface area contributed by atoms with Gasteiger partial charge in [0.2, 0.25) is 0 Å². The Morgan fingerprint density at radius 1 is 0.700 bits per heavy atom. The van der Waals surface area contributed by atoms with E-state index in [4.69, 9.17) is 10.8 Å². The summed E-state index contributed by atoms with van der Waals surface area (Å²) < 4.78 is 0. The molecular formula is C2H14N6O2. The molecule has 64 valence electrons. The smallest absolute Gasteiger partial charge is 0.183 e. The highest BCUT2D eigenvalue weighted by Gasteiger charge is 1.52. The summed E-state index contributed by atoms with van der Waals surface area (Å²) in [5, 5.41) is 12.1. The summed E-state index contributed by atoms with van der Waals surface area (Å²) >= 11 is 0. The molecule has 0 fully saturated rings. The topological polar surface area (TPSA) is 215 Å². The molecule has 0 aliphatic carbocycles. The Labute approximate surface area is 57.8 Å². The molecule has 0 aliphatic rings. The van der Waals surface area contributed by atoms with Gasteiger partial charge in [0.05, 0.1) is 0 Å². The average molecular weight is 154 g/mol. The normalized spacial score (nSPS) is 4.80. The van der Waals surface area contributed by atoms with Gasteiger partial charge in [-0.05, 0) is 0 Å². The van der Waals surface area contributed by atoms with E-state index in [2.05, 4.69) is 22.9 Å². The van der Waals surface area contributed by atoms with Crippen LogP contribution in [0.3, 0.4) is 0 Å². The van der Waals surface area contributed by atoms with Gasteiger partial charge in [0.15, 0.2) is 11.9 Å². The lowest BCUT2D eigenvalue weighted by molar-refractivity contribution is 0.823. The maximum absolute atomic E-state index is 6.06. The number of nitrogens with one attached hydrogen (secondary N) is 2. The molecule has 0 heterocycles. The Kier molecular flexibility index (Phi) is 37.0. The highest BCUT2D eigenvalue weighted by atomic mass is 16.0. The zero-order valence-corrected chi connectivity index (χ0v) is 5.31. The molecule has 14 N–H and O–H groups in total. The molecule has 0 aromatic rings. The summed E-state index contributed by atoms with van der Waals surface area (Å²) in [6.07, 6.45) is 0. The van der Waals surface area contributed by atoms with Crippen molar-refractivity contribution in [3.8, 4) is 0 Å². The molecule has 0 aromatic carbocycles. The van der Waals surface area contributed by atoms with Gasteiger partial charge < -0.3 is 33.9 Å². The Morgan fingerprint density at radius 2 is 0.700 bits per heavy atom. The molecule has 0 spiro atoms. The molecule has 0 saturated carbocycles. The van der Waals surface area contributed by atoms with Crippen molar-refractivity contribution in [2.24, 2.45) is 22.9 Å². The fraction of sp³-hybridized carbons (Fsp3) is 0. The van der Waals surface area contributed by atoms with Gasteiger partial charge in [-0.25, -0.2) is 0 Å². The number of hydrogen-bond acceptors (Lipinski definition) is 2. The fourth-order valence-electron chi connectivity index (χ4n) is 0. The quantitative estimate of drug-likeness (QED) is 0.152. The Balaban J connectivity index is -0.0000000300. The summed E-state index contributed by atoms with van der Waals surface area (Å²) in [5.41, 5.74) is 17.9. The van der Waals surface area contributed by atoms with E-state index in [1.165, 1.54) is 0 Å². The van der Waals surface area contributed by atoms with Crippen LogP contribution in [0.5, 0.6) is 0 Å². The summed E-state index contributed by atoms with van der Waals surface area (Å²) in [6.45, 7) is 0. The van der Waals surface area contributed by atoms with Gasteiger partial charge in [-0.1, -0.05) is 0 Å². The van der Waals surface area contributed by atoms with E-state index in [9.17, 15) is 0 Å². The van der Waals surface area contributed by atoms with Crippen molar-refractivity contribution in [2.45, 2.75) is 0 Å². The van der Waals surface area contributed by atoms with E-state index in [1.807, 2.05) is 0 Å². The molecule has 8 nitrogen and oxygen atoms in total. The van der Waals surface area contributed by atoms with Crippen molar-refractivity contribution in [1.29, 1.82) is 10.8 Å². The molecule has 8 heteroatoms. The molecule has 0 aromatic heterocycles. The third kappa shape index (κ3) is 81.2. The summed E-state index contributed by atoms with van der Waals surface area (Å²) in [4.78, 5) is 0. The number of rotatable bonds is 0. The van der Waals surface area contributed by atoms with Crippen molar-refractivity contribution in [2.75, 3.05) is 0 Å². The van der Waals surface area contributed by atoms with Gasteiger partial charge in [-0.15, -0.1) is 0 Å². The summed E-state index contributed by atoms with van der Waals surface area (Å²) in [5.74, 6) is -0.667. The minimum Gasteiger partial charge on any atom is -0.412 e. The Morgan fingerprint density at radius 3 is 0.700 bits per heavy atom. The van der Waals surface area contributed by atoms with Gasteiger partial charge in [0.1, 0.15) is 0 Å². The average Bonchev–Trinajstić information content (AvgIpc) is 1.25. The highest BCUT2D eigenvalue weighted by Crippen LogP contribution is 1.13. The fourth-order valence-corrected chi connectivity index (χ4v) is 0. The van der Waals surface area contributed by atoms with Crippen LogP contribution in [0.4, 0.5) is 0 Å². The second kappa shape index (κ2) is 15.7. The summed E-state index contributed by atoms with van der Waals surface area (Å²) in [6, 6.07) is 0. The van der Waals surface area contributed by atoms with Crippen LogP contribution in [0.25, 0.3) is 0 Å². The molecule has 0 bridgehead atoms. The first-order chi connectivity index (χ1) is 3.46. The second-order valence-corrected chi connectivity index (χ2v) is 0.911. The van der Waals surface area contributed by atoms with E-state index in [1.54, 1.807) is 0 Å². The standard InChI is InChI=1S/2CH5N3.2H2O/c2*2-1(3)4;;/h2*(H5,2,3,4);2*1H2. The van der Waals surface area contributed by atoms with Crippen molar-refractivity contribution in [3.63, 3.8) is 0 Å². The lowest BCUT2D eigenvalue weighted by atomic mass is 11.1. The van der Waals surface area contributed by atoms with E-state index >= 15 is 0 Å². The van der Waals surface area contributed by atoms with Gasteiger partial charge in [-0.2, -0.15) is 0 Å². The van der Waals surface area contributed by atoms with E-state index < -0.39 is 0 Å². The van der Waals surface area contributed by atoms with Crippen LogP contribution in [0.2, 0.25) is 0 Å². The number of hydrogen-bond donors (Lipinski definition) is 6. The van der Waals surface area contributed by atoms with Crippen LogP contribution >= 0.6 is 0 Å². The second-order valence-electron chi connectivity index (χ2n) is 0.911. The maximum Gasteiger partial charge on any atom is 0.183 e. The Bertz CT molecular complexity index is 71.7. The number of guanidine groups is 2. The van der Waals surface area contributed by atoms with Gasteiger partial charge >= 0.3 is 0 Å². The van der Waals surface area contributed by atoms with Gasteiger partial charge in [0, 0.05) is 0 Å². The first-order valence-electron chi connectivity index (χ1n) is 1.65. The van der Waals surface area contributed by atoms with Crippen LogP contribution in [-0.4, -0.2) is 22.9 Å². The third-order valence-corrected chi connectivity index (χ3v) is 0. The van der Waals surface area contributed by atoms with Crippen LogP contribution < -0.4 is 22.9 Å². The molecule has 0 atom stereocenters. The summed E-state index contributed by atoms with van der Waals surface area (Å²) in [7, 11) is 0. The zero-order chi connectivity index (χ0) is 7.15. The monoisotopic (exact) mass is 154 g/mol. The molecule has 0 amide bonds. The van der Waals surface area contributed by atoms with Gasteiger partial charge in [-0.3, -0.25) is 10.8 Å². The van der Waals surface area contributed by atoms with E-state index in [-0.39, 0.29) is 22.9 Å². The SMILES string of the molecule is N=C(N)N.N=C(N)N.O.O. The van der Waals surface area contributed by atoms with Crippen LogP contribution in [0.1, 0.15) is 0 Å². The van der Waals surface area contributed by atoms with Crippen LogP contribution in [0.15, 0.2) is 0 Å². The minimum absolute atomic E-state index is 0. The molecule has 0 unspecified atom stereocenters. The number of nitrogens with two attached hydrogens (primary N) is 4. The molecule has 0 aliphatic heterocycles. The zero-order valence-electron chi connectivity index (χ0n) is 5.31. The first kappa shape index (κ1) is 23.7. The van der Waals surface area contributed by atoms with Crippen LogP contribution in [-0.2, 0) is 0 Å². The predicted molar refractivity (Wildman–Crippen MR) is 39.4 cm³/mol. The van der Waals surface area contributed by atoms with Crippen molar-refractivity contribution >= 4 is 11.9 Å². The molecular weight excluding hydrogens is 140 g/mol. The molecule has 0 saturated heterocycles. The van der Waals surface area contributed by atoms with E-state index in [0.29, 0.717) is 0 Å². The predicted octanol–water partition coefficient (Wildman–Crippen LogP) is -3.97. The molecule has 0 radical (unpaired) electrons. The maximum atomic E-state index is 6.06. The Hall–Kier alpha value is -1.54. The highest BCUT2D eigenvalue weighted by molar-refractivity contribution is 5.72.